The van der Waals surface area contributed by atoms with Gasteiger partial charge in [0.05, 0.1) is 12.4 Å². The van der Waals surface area contributed by atoms with Gasteiger partial charge in [-0.3, -0.25) is 0 Å². The lowest BCUT2D eigenvalue weighted by Crippen LogP contribution is -1.89. The van der Waals surface area contributed by atoms with Gasteiger partial charge in [-0.05, 0) is 56.1 Å². The maximum Gasteiger partial charge on any atom is 0.158 e. The Morgan fingerprint density at radius 3 is 2.07 bits per heavy atom. The number of hydrogen-bond acceptors (Lipinski definition) is 4. The lowest BCUT2D eigenvalue weighted by Gasteiger charge is -2.11. The molecule has 0 radical (unpaired) electrons. The van der Waals surface area contributed by atoms with E-state index in [0.717, 1.165) is 10.9 Å². The third-order valence-electron chi connectivity index (χ3n) is 5.03. The van der Waals surface area contributed by atoms with Gasteiger partial charge >= 0.3 is 0 Å². The monoisotopic (exact) mass is 364 g/mol. The molecule has 0 aliphatic heterocycles. The van der Waals surface area contributed by atoms with Crippen molar-refractivity contribution in [2.24, 2.45) is 10.2 Å². The molecule has 4 heteroatoms. The Hall–Kier alpha value is -3.92. The Bertz CT molecular complexity index is 1370. The second kappa shape index (κ2) is 6.35. The van der Waals surface area contributed by atoms with Crippen molar-refractivity contribution in [3.8, 4) is 11.5 Å². The molecule has 0 bridgehead atoms. The number of phenols is 2. The van der Waals surface area contributed by atoms with Gasteiger partial charge in [-0.25, -0.2) is 0 Å². The first-order valence-electron chi connectivity index (χ1n) is 8.96. The molecule has 28 heavy (non-hydrogen) atoms. The van der Waals surface area contributed by atoms with E-state index in [2.05, 4.69) is 58.7 Å². The second-order valence-electron chi connectivity index (χ2n) is 6.75. The minimum absolute atomic E-state index is 0.158. The van der Waals surface area contributed by atoms with Crippen molar-refractivity contribution in [1.29, 1.82) is 0 Å². The van der Waals surface area contributed by atoms with E-state index in [4.69, 9.17) is 0 Å². The molecule has 0 saturated carbocycles. The molecule has 5 aromatic rings. The van der Waals surface area contributed by atoms with Crippen LogP contribution in [0.25, 0.3) is 32.3 Å². The molecular formula is C24H16N2O2. The van der Waals surface area contributed by atoms with Crippen LogP contribution in [-0.2, 0) is 0 Å². The van der Waals surface area contributed by atoms with Crippen LogP contribution in [0.4, 0.5) is 0 Å². The number of phenolic OH excluding ortho intramolecular Hbond substituents is 2. The van der Waals surface area contributed by atoms with Crippen LogP contribution in [0.2, 0.25) is 0 Å². The van der Waals surface area contributed by atoms with Gasteiger partial charge in [-0.1, -0.05) is 54.6 Å². The van der Waals surface area contributed by atoms with Gasteiger partial charge in [0, 0.05) is 5.56 Å². The maximum absolute atomic E-state index is 9.54. The van der Waals surface area contributed by atoms with Crippen LogP contribution in [0, 0.1) is 0 Å². The molecule has 0 aromatic heterocycles. The molecule has 0 amide bonds. The molecule has 2 N–H and O–H groups in total. The van der Waals surface area contributed by atoms with Crippen molar-refractivity contribution in [2.75, 3.05) is 0 Å². The first kappa shape index (κ1) is 16.3. The topological polar surface area (TPSA) is 65.2 Å². The van der Waals surface area contributed by atoms with E-state index in [0.29, 0.717) is 5.56 Å². The highest BCUT2D eigenvalue weighted by atomic mass is 16.3. The average molecular weight is 364 g/mol. The molecule has 0 spiro atoms. The van der Waals surface area contributed by atoms with Crippen LogP contribution < -0.4 is 0 Å². The quantitative estimate of drug-likeness (QED) is 0.193. The summed E-state index contributed by atoms with van der Waals surface area (Å²) in [6.07, 6.45) is 3.27. The summed E-state index contributed by atoms with van der Waals surface area (Å²) in [5, 5.41) is 34.5. The zero-order chi connectivity index (χ0) is 19.1. The lowest BCUT2D eigenvalue weighted by molar-refractivity contribution is 0.403. The number of aromatic hydroxyl groups is 2. The van der Waals surface area contributed by atoms with Gasteiger partial charge in [0.2, 0.25) is 0 Å². The highest BCUT2D eigenvalue weighted by Gasteiger charge is 2.09. The molecule has 0 saturated heterocycles. The normalized spacial score (nSPS) is 12.3. The Balaban J connectivity index is 1.56. The Morgan fingerprint density at radius 2 is 1.29 bits per heavy atom. The minimum atomic E-state index is -0.181. The van der Waals surface area contributed by atoms with Gasteiger partial charge in [0.25, 0.3) is 0 Å². The maximum atomic E-state index is 9.54. The molecule has 5 aromatic carbocycles. The summed E-state index contributed by atoms with van der Waals surface area (Å²) in [5.74, 6) is -0.339. The summed E-state index contributed by atoms with van der Waals surface area (Å²) in [6.45, 7) is 0. The first-order valence-corrected chi connectivity index (χ1v) is 8.96. The fourth-order valence-electron chi connectivity index (χ4n) is 3.69. The third-order valence-corrected chi connectivity index (χ3v) is 5.03. The fourth-order valence-corrected chi connectivity index (χ4v) is 3.69. The number of rotatable bonds is 3. The minimum Gasteiger partial charge on any atom is -0.504 e. The highest BCUT2D eigenvalue weighted by Crippen LogP contribution is 2.35. The van der Waals surface area contributed by atoms with E-state index >= 15 is 0 Å². The van der Waals surface area contributed by atoms with Crippen LogP contribution in [-0.4, -0.2) is 22.6 Å². The van der Waals surface area contributed by atoms with Crippen molar-refractivity contribution in [2.45, 2.75) is 0 Å². The van der Waals surface area contributed by atoms with Crippen LogP contribution in [0.15, 0.2) is 83.0 Å². The van der Waals surface area contributed by atoms with E-state index in [1.807, 2.05) is 6.07 Å². The standard InChI is InChI=1S/C24H16N2O2/c27-21-11-4-15(12-22(21)28)13-25-26-14-19-8-7-18-6-5-16-2-1-3-17-9-10-20(19)24(18)23(16)17/h1-14,27-28H/b25-13-,26-14+. The van der Waals surface area contributed by atoms with E-state index in [-0.39, 0.29) is 11.5 Å². The Kier molecular flexibility index (Phi) is 3.69. The molecule has 0 aliphatic carbocycles. The number of nitrogens with zero attached hydrogens (tertiary/aromatic N) is 2. The third kappa shape index (κ3) is 2.63. The summed E-state index contributed by atoms with van der Waals surface area (Å²) >= 11 is 0. The predicted octanol–water partition coefficient (Wildman–Crippen LogP) is 5.45. The summed E-state index contributed by atoms with van der Waals surface area (Å²) < 4.78 is 0. The molecule has 0 unspecified atom stereocenters. The summed E-state index contributed by atoms with van der Waals surface area (Å²) in [4.78, 5) is 0. The molecule has 5 rings (SSSR count). The van der Waals surface area contributed by atoms with E-state index in [1.165, 1.54) is 45.3 Å². The van der Waals surface area contributed by atoms with E-state index in [9.17, 15) is 10.2 Å². The smallest absolute Gasteiger partial charge is 0.158 e. The van der Waals surface area contributed by atoms with Crippen molar-refractivity contribution in [3.05, 3.63) is 83.9 Å². The van der Waals surface area contributed by atoms with Gasteiger partial charge < -0.3 is 10.2 Å². The molecule has 0 heterocycles. The summed E-state index contributed by atoms with van der Waals surface area (Å²) in [5.41, 5.74) is 1.65. The second-order valence-corrected chi connectivity index (χ2v) is 6.75. The van der Waals surface area contributed by atoms with Gasteiger partial charge in [0.1, 0.15) is 0 Å². The van der Waals surface area contributed by atoms with Gasteiger partial charge in [-0.15, -0.1) is 0 Å². The molecule has 0 aliphatic rings. The molecule has 0 fully saturated rings. The lowest BCUT2D eigenvalue weighted by atomic mass is 9.92. The SMILES string of the molecule is Oc1ccc(/C=N\N=C\c2ccc3ccc4cccc5ccc2c3c45)cc1O. The zero-order valence-corrected chi connectivity index (χ0v) is 14.9. The fraction of sp³-hybridized carbons (Fsp3) is 0. The predicted molar refractivity (Wildman–Crippen MR) is 115 cm³/mol. The number of hydrogen-bond donors (Lipinski definition) is 2. The van der Waals surface area contributed by atoms with Crippen molar-refractivity contribution >= 4 is 44.7 Å². The largest absolute Gasteiger partial charge is 0.504 e. The van der Waals surface area contributed by atoms with Crippen LogP contribution in [0.5, 0.6) is 11.5 Å². The van der Waals surface area contributed by atoms with Crippen molar-refractivity contribution in [1.82, 2.24) is 0 Å². The molecule has 4 nitrogen and oxygen atoms in total. The van der Waals surface area contributed by atoms with Crippen molar-refractivity contribution in [3.63, 3.8) is 0 Å². The average Bonchev–Trinajstić information content (AvgIpc) is 2.72. The van der Waals surface area contributed by atoms with Gasteiger partial charge in [0.15, 0.2) is 11.5 Å². The molecule has 0 atom stereocenters. The van der Waals surface area contributed by atoms with E-state index < -0.39 is 0 Å². The molecular weight excluding hydrogens is 348 g/mol. The first-order chi connectivity index (χ1) is 13.7. The van der Waals surface area contributed by atoms with Crippen molar-refractivity contribution < 1.29 is 10.2 Å². The Labute approximate surface area is 161 Å². The zero-order valence-electron chi connectivity index (χ0n) is 14.9. The van der Waals surface area contributed by atoms with Crippen LogP contribution in [0.1, 0.15) is 11.1 Å². The Morgan fingerprint density at radius 1 is 0.607 bits per heavy atom. The van der Waals surface area contributed by atoms with Crippen LogP contribution in [0.3, 0.4) is 0 Å². The summed E-state index contributed by atoms with van der Waals surface area (Å²) in [6, 6.07) is 23.6. The van der Waals surface area contributed by atoms with E-state index in [1.54, 1.807) is 12.3 Å². The van der Waals surface area contributed by atoms with Gasteiger partial charge in [-0.2, -0.15) is 10.2 Å². The highest BCUT2D eigenvalue weighted by molar-refractivity contribution is 6.25. The van der Waals surface area contributed by atoms with Crippen LogP contribution >= 0.6 is 0 Å². The molecule has 134 valence electrons. The summed E-state index contributed by atoms with van der Waals surface area (Å²) in [7, 11) is 0. The number of benzene rings is 5.